The second kappa shape index (κ2) is 4.69. The summed E-state index contributed by atoms with van der Waals surface area (Å²) in [4.78, 5) is 2.17. The molecule has 6 heteroatoms. The second-order valence-electron chi connectivity index (χ2n) is 3.77. The number of aliphatic hydroxyl groups is 1. The summed E-state index contributed by atoms with van der Waals surface area (Å²) >= 11 is 0. The molecule has 1 N–H and O–H groups in total. The Labute approximate surface area is 88.4 Å². The van der Waals surface area contributed by atoms with Crippen LogP contribution in [0.2, 0.25) is 0 Å². The average molecular weight is 212 g/mol. The molecule has 84 valence electrons. The van der Waals surface area contributed by atoms with Crippen molar-refractivity contribution >= 4 is 0 Å². The van der Waals surface area contributed by atoms with Gasteiger partial charge >= 0.3 is 0 Å². The lowest BCUT2D eigenvalue weighted by atomic mass is 10.2. The molecular formula is C9H16N4O2. The number of nitrogens with zero attached hydrogens (tertiary/aromatic N) is 4. The topological polar surface area (TPSA) is 63.4 Å². The quantitative estimate of drug-likeness (QED) is 0.697. The molecule has 0 amide bonds. The third-order valence-electron chi connectivity index (χ3n) is 2.58. The Bertz CT molecular complexity index is 315. The molecule has 0 aromatic carbocycles. The number of hydrogen-bond donors (Lipinski definition) is 1. The first-order valence-electron chi connectivity index (χ1n) is 5.07. The van der Waals surface area contributed by atoms with E-state index in [1.165, 1.54) is 0 Å². The fraction of sp³-hybridized carbons (Fsp3) is 0.778. The monoisotopic (exact) mass is 212 g/mol. The predicted octanol–water partition coefficient (Wildman–Crippen LogP) is -0.992. The zero-order valence-electron chi connectivity index (χ0n) is 8.83. The van der Waals surface area contributed by atoms with Crippen LogP contribution in [0.1, 0.15) is 5.69 Å². The van der Waals surface area contributed by atoms with E-state index < -0.39 is 0 Å². The molecule has 0 spiro atoms. The molecule has 6 nitrogen and oxygen atoms in total. The maximum atomic E-state index is 9.18. The van der Waals surface area contributed by atoms with Crippen LogP contribution in [0.25, 0.3) is 0 Å². The van der Waals surface area contributed by atoms with Crippen molar-refractivity contribution in [1.29, 1.82) is 0 Å². The summed E-state index contributed by atoms with van der Waals surface area (Å²) in [7, 11) is 1.85. The molecule has 1 unspecified atom stereocenters. The summed E-state index contributed by atoms with van der Waals surface area (Å²) in [6.45, 7) is 3.00. The van der Waals surface area contributed by atoms with E-state index in [-0.39, 0.29) is 12.6 Å². The van der Waals surface area contributed by atoms with Crippen LogP contribution in [0.15, 0.2) is 6.20 Å². The van der Waals surface area contributed by atoms with E-state index in [4.69, 9.17) is 4.74 Å². The van der Waals surface area contributed by atoms with E-state index in [0.29, 0.717) is 6.61 Å². The number of aromatic nitrogens is 3. The van der Waals surface area contributed by atoms with Crippen molar-refractivity contribution in [2.45, 2.75) is 12.6 Å². The normalized spacial score (nSPS) is 23.2. The van der Waals surface area contributed by atoms with Gasteiger partial charge in [0.25, 0.3) is 0 Å². The van der Waals surface area contributed by atoms with Crippen LogP contribution in [-0.2, 0) is 18.3 Å². The Hall–Kier alpha value is -0.980. The molecule has 0 bridgehead atoms. The van der Waals surface area contributed by atoms with Crippen LogP contribution < -0.4 is 0 Å². The largest absolute Gasteiger partial charge is 0.395 e. The smallest absolute Gasteiger partial charge is 0.0967 e. The summed E-state index contributed by atoms with van der Waals surface area (Å²) < 4.78 is 6.99. The van der Waals surface area contributed by atoms with Gasteiger partial charge in [-0.3, -0.25) is 9.58 Å². The number of ether oxygens (including phenoxy) is 1. The zero-order chi connectivity index (χ0) is 10.7. The van der Waals surface area contributed by atoms with Crippen LogP contribution in [-0.4, -0.2) is 57.4 Å². The Balaban J connectivity index is 1.97. The molecule has 1 aliphatic rings. The molecule has 1 atom stereocenters. The summed E-state index contributed by atoms with van der Waals surface area (Å²) in [5.74, 6) is 0. The summed E-state index contributed by atoms with van der Waals surface area (Å²) in [6.07, 6.45) is 1.89. The zero-order valence-corrected chi connectivity index (χ0v) is 8.83. The first kappa shape index (κ1) is 10.5. The second-order valence-corrected chi connectivity index (χ2v) is 3.77. The Morgan fingerprint density at radius 2 is 2.53 bits per heavy atom. The molecule has 0 aliphatic carbocycles. The molecule has 0 saturated carbocycles. The van der Waals surface area contributed by atoms with E-state index in [9.17, 15) is 5.11 Å². The minimum Gasteiger partial charge on any atom is -0.395 e. The van der Waals surface area contributed by atoms with Gasteiger partial charge in [0.2, 0.25) is 0 Å². The number of rotatable bonds is 3. The minimum absolute atomic E-state index is 0.0840. The lowest BCUT2D eigenvalue weighted by Gasteiger charge is -2.33. The lowest BCUT2D eigenvalue weighted by molar-refractivity contribution is -0.0317. The molecule has 1 fully saturated rings. The van der Waals surface area contributed by atoms with Crippen LogP contribution in [0.3, 0.4) is 0 Å². The SMILES string of the molecule is Cn1cc(CN2CCOCC2CO)nn1. The number of aryl methyl sites for hydroxylation is 1. The third-order valence-corrected chi connectivity index (χ3v) is 2.58. The molecule has 1 aromatic rings. The predicted molar refractivity (Wildman–Crippen MR) is 53.1 cm³/mol. The highest BCUT2D eigenvalue weighted by atomic mass is 16.5. The van der Waals surface area contributed by atoms with Gasteiger partial charge in [-0.25, -0.2) is 0 Å². The Kier molecular flexibility index (Phi) is 3.30. The van der Waals surface area contributed by atoms with Crippen molar-refractivity contribution < 1.29 is 9.84 Å². The van der Waals surface area contributed by atoms with Gasteiger partial charge in [0, 0.05) is 26.3 Å². The van der Waals surface area contributed by atoms with Gasteiger partial charge in [0.15, 0.2) is 0 Å². The van der Waals surface area contributed by atoms with Crippen LogP contribution in [0.4, 0.5) is 0 Å². The summed E-state index contributed by atoms with van der Waals surface area (Å²) in [5.41, 5.74) is 0.929. The van der Waals surface area contributed by atoms with E-state index >= 15 is 0 Å². The maximum absolute atomic E-state index is 9.18. The highest BCUT2D eigenvalue weighted by molar-refractivity contribution is 4.93. The van der Waals surface area contributed by atoms with E-state index in [2.05, 4.69) is 15.2 Å². The average Bonchev–Trinajstić information content (AvgIpc) is 2.65. The van der Waals surface area contributed by atoms with Crippen LogP contribution in [0, 0.1) is 0 Å². The van der Waals surface area contributed by atoms with E-state index in [0.717, 1.165) is 25.4 Å². The van der Waals surface area contributed by atoms with Gasteiger partial charge in [0.1, 0.15) is 0 Å². The van der Waals surface area contributed by atoms with Crippen LogP contribution >= 0.6 is 0 Å². The first-order valence-corrected chi connectivity index (χ1v) is 5.07. The van der Waals surface area contributed by atoms with Gasteiger partial charge in [-0.15, -0.1) is 5.10 Å². The first-order chi connectivity index (χ1) is 7.29. The molecule has 15 heavy (non-hydrogen) atoms. The summed E-state index contributed by atoms with van der Waals surface area (Å²) in [5, 5.41) is 17.1. The van der Waals surface area contributed by atoms with Gasteiger partial charge in [-0.2, -0.15) is 0 Å². The van der Waals surface area contributed by atoms with Gasteiger partial charge in [0.05, 0.1) is 31.6 Å². The Morgan fingerprint density at radius 3 is 3.20 bits per heavy atom. The highest BCUT2D eigenvalue weighted by Crippen LogP contribution is 2.09. The standard InChI is InChI=1S/C9H16N4O2/c1-12-4-8(10-11-12)5-13-2-3-15-7-9(13)6-14/h4,9,14H,2-3,5-7H2,1H3. The lowest BCUT2D eigenvalue weighted by Crippen LogP contribution is -2.46. The fourth-order valence-corrected chi connectivity index (χ4v) is 1.74. The molecule has 1 saturated heterocycles. The minimum atomic E-state index is 0.0840. The summed E-state index contributed by atoms with van der Waals surface area (Å²) in [6, 6.07) is 0.0840. The van der Waals surface area contributed by atoms with Gasteiger partial charge < -0.3 is 9.84 Å². The molecule has 1 aliphatic heterocycles. The molecular weight excluding hydrogens is 196 g/mol. The third kappa shape index (κ3) is 2.53. The van der Waals surface area contributed by atoms with Crippen molar-refractivity contribution in [1.82, 2.24) is 19.9 Å². The van der Waals surface area contributed by atoms with Crippen molar-refractivity contribution in [3.63, 3.8) is 0 Å². The Morgan fingerprint density at radius 1 is 1.67 bits per heavy atom. The van der Waals surface area contributed by atoms with Crippen LogP contribution in [0.5, 0.6) is 0 Å². The number of hydrogen-bond acceptors (Lipinski definition) is 5. The van der Waals surface area contributed by atoms with E-state index in [1.54, 1.807) is 4.68 Å². The van der Waals surface area contributed by atoms with Gasteiger partial charge in [-0.1, -0.05) is 5.21 Å². The highest BCUT2D eigenvalue weighted by Gasteiger charge is 2.22. The molecule has 0 radical (unpaired) electrons. The van der Waals surface area contributed by atoms with Crippen molar-refractivity contribution in [3.8, 4) is 0 Å². The number of morpholine rings is 1. The molecule has 2 rings (SSSR count). The molecule has 2 heterocycles. The van der Waals surface area contributed by atoms with E-state index in [1.807, 2.05) is 13.2 Å². The van der Waals surface area contributed by atoms with Crippen molar-refractivity contribution in [3.05, 3.63) is 11.9 Å². The van der Waals surface area contributed by atoms with Crippen molar-refractivity contribution in [2.75, 3.05) is 26.4 Å². The number of aliphatic hydroxyl groups excluding tert-OH is 1. The molecule has 1 aromatic heterocycles. The maximum Gasteiger partial charge on any atom is 0.0967 e. The van der Waals surface area contributed by atoms with Crippen molar-refractivity contribution in [2.24, 2.45) is 7.05 Å². The van der Waals surface area contributed by atoms with Gasteiger partial charge in [-0.05, 0) is 0 Å². The fourth-order valence-electron chi connectivity index (χ4n) is 1.74.